The van der Waals surface area contributed by atoms with E-state index in [1.807, 2.05) is 37.6 Å². The van der Waals surface area contributed by atoms with Gasteiger partial charge in [0.1, 0.15) is 0 Å². The molecule has 3 heterocycles. The van der Waals surface area contributed by atoms with Crippen LogP contribution in [0.15, 0.2) is 23.6 Å². The lowest BCUT2D eigenvalue weighted by Crippen LogP contribution is -2.08. The molecule has 7 heteroatoms. The lowest BCUT2D eigenvalue weighted by Gasteiger charge is -2.07. The summed E-state index contributed by atoms with van der Waals surface area (Å²) in [5, 5.41) is 15.6. The fraction of sp³-hybridized carbons (Fsp3) is 0.294. The smallest absolute Gasteiger partial charge is 0.339 e. The van der Waals surface area contributed by atoms with E-state index in [1.165, 1.54) is 0 Å². The van der Waals surface area contributed by atoms with Crippen LogP contribution in [0.4, 0.5) is 0 Å². The molecule has 0 saturated heterocycles. The summed E-state index contributed by atoms with van der Waals surface area (Å²) < 4.78 is 7.00. The van der Waals surface area contributed by atoms with Gasteiger partial charge in [-0.3, -0.25) is 4.68 Å². The molecule has 0 bridgehead atoms. The second-order valence-electron chi connectivity index (χ2n) is 5.34. The van der Waals surface area contributed by atoms with Crippen molar-refractivity contribution < 1.29 is 9.53 Å². The fourth-order valence-electron chi connectivity index (χ4n) is 2.55. The highest BCUT2D eigenvalue weighted by Gasteiger charge is 2.20. The zero-order chi connectivity index (χ0) is 17.1. The molecule has 0 atom stereocenters. The molecule has 0 aliphatic carbocycles. The lowest BCUT2D eigenvalue weighted by atomic mass is 10.1. The molecule has 0 fully saturated rings. The Hall–Kier alpha value is -2.72. The van der Waals surface area contributed by atoms with Gasteiger partial charge in [-0.05, 0) is 30.9 Å². The van der Waals surface area contributed by atoms with E-state index in [4.69, 9.17) is 10.00 Å². The number of pyridine rings is 1. The quantitative estimate of drug-likeness (QED) is 0.525. The number of nitriles is 1. The van der Waals surface area contributed by atoms with Crippen LogP contribution >= 0.6 is 11.3 Å². The number of rotatable bonds is 5. The van der Waals surface area contributed by atoms with E-state index in [0.29, 0.717) is 29.4 Å². The van der Waals surface area contributed by atoms with E-state index in [1.54, 1.807) is 22.1 Å². The van der Waals surface area contributed by atoms with Crippen molar-refractivity contribution in [1.82, 2.24) is 14.8 Å². The molecule has 0 aliphatic heterocycles. The number of nitrogens with zero attached hydrogens (tertiary/aromatic N) is 4. The van der Waals surface area contributed by atoms with E-state index < -0.39 is 5.97 Å². The average molecular weight is 340 g/mol. The molecule has 3 aromatic rings. The number of hydrogen-bond acceptors (Lipinski definition) is 6. The standard InChI is InChI=1S/C17H16N4O2S/c1-11-15-12(17(22)23-8-4-3-7-18)10-13(14-6-5-9-24-14)19-16(15)21(2)20-11/h5-6,9-10H,3-4,8H2,1-2H3. The van der Waals surface area contributed by atoms with Crippen LogP contribution in [0.5, 0.6) is 0 Å². The van der Waals surface area contributed by atoms with E-state index >= 15 is 0 Å². The number of ether oxygens (including phenoxy) is 1. The third-order valence-electron chi connectivity index (χ3n) is 3.63. The van der Waals surface area contributed by atoms with E-state index in [2.05, 4.69) is 10.1 Å². The van der Waals surface area contributed by atoms with Gasteiger partial charge in [0.15, 0.2) is 5.65 Å². The summed E-state index contributed by atoms with van der Waals surface area (Å²) in [7, 11) is 1.81. The van der Waals surface area contributed by atoms with Gasteiger partial charge < -0.3 is 4.74 Å². The van der Waals surface area contributed by atoms with Crippen molar-refractivity contribution >= 4 is 28.3 Å². The maximum Gasteiger partial charge on any atom is 0.339 e. The Labute approximate surface area is 143 Å². The Balaban J connectivity index is 2.04. The molecule has 0 spiro atoms. The highest BCUT2D eigenvalue weighted by molar-refractivity contribution is 7.13. The minimum absolute atomic E-state index is 0.226. The van der Waals surface area contributed by atoms with Crippen molar-refractivity contribution in [2.24, 2.45) is 7.05 Å². The number of aromatic nitrogens is 3. The molecular weight excluding hydrogens is 324 g/mol. The minimum Gasteiger partial charge on any atom is -0.462 e. The van der Waals surface area contributed by atoms with Gasteiger partial charge >= 0.3 is 5.97 Å². The Morgan fingerprint density at radius 3 is 3.04 bits per heavy atom. The summed E-state index contributed by atoms with van der Waals surface area (Å²) in [4.78, 5) is 18.2. The Bertz CT molecular complexity index is 922. The number of thiophene rings is 1. The zero-order valence-corrected chi connectivity index (χ0v) is 14.3. The topological polar surface area (TPSA) is 80.8 Å². The average Bonchev–Trinajstić information content (AvgIpc) is 3.20. The molecule has 0 amide bonds. The SMILES string of the molecule is Cc1nn(C)c2nc(-c3cccs3)cc(C(=O)OCCCC#N)c12. The number of fused-ring (bicyclic) bond motifs is 1. The van der Waals surface area contributed by atoms with Crippen molar-refractivity contribution in [1.29, 1.82) is 5.26 Å². The van der Waals surface area contributed by atoms with Crippen LogP contribution in [-0.4, -0.2) is 27.3 Å². The first-order chi connectivity index (χ1) is 11.6. The third-order valence-corrected chi connectivity index (χ3v) is 4.52. The number of carbonyl (C=O) groups excluding carboxylic acids is 1. The number of esters is 1. The first kappa shape index (κ1) is 16.1. The van der Waals surface area contributed by atoms with Gasteiger partial charge in [-0.2, -0.15) is 10.4 Å². The zero-order valence-electron chi connectivity index (χ0n) is 13.4. The van der Waals surface area contributed by atoms with Crippen LogP contribution in [0.3, 0.4) is 0 Å². The van der Waals surface area contributed by atoms with Gasteiger partial charge in [-0.1, -0.05) is 6.07 Å². The summed E-state index contributed by atoms with van der Waals surface area (Å²) in [5.74, 6) is -0.408. The van der Waals surface area contributed by atoms with Crippen LogP contribution in [0.1, 0.15) is 28.9 Å². The number of hydrogen-bond donors (Lipinski definition) is 0. The molecule has 0 aromatic carbocycles. The molecular formula is C17H16N4O2S. The first-order valence-corrected chi connectivity index (χ1v) is 8.42. The number of aryl methyl sites for hydroxylation is 2. The molecule has 0 aliphatic rings. The van der Waals surface area contributed by atoms with Crippen LogP contribution in [0.2, 0.25) is 0 Å². The summed E-state index contributed by atoms with van der Waals surface area (Å²) in [6.07, 6.45) is 0.895. The van der Waals surface area contributed by atoms with Crippen LogP contribution in [0, 0.1) is 18.3 Å². The summed E-state index contributed by atoms with van der Waals surface area (Å²) in [6.45, 7) is 2.07. The first-order valence-electron chi connectivity index (χ1n) is 7.54. The largest absolute Gasteiger partial charge is 0.462 e. The van der Waals surface area contributed by atoms with Crippen LogP contribution in [-0.2, 0) is 11.8 Å². The Morgan fingerprint density at radius 1 is 1.50 bits per heavy atom. The second-order valence-corrected chi connectivity index (χ2v) is 6.29. The lowest BCUT2D eigenvalue weighted by molar-refractivity contribution is 0.0504. The third kappa shape index (κ3) is 3.01. The van der Waals surface area contributed by atoms with Gasteiger partial charge in [0.25, 0.3) is 0 Å². The molecule has 24 heavy (non-hydrogen) atoms. The highest BCUT2D eigenvalue weighted by Crippen LogP contribution is 2.29. The van der Waals surface area contributed by atoms with Gasteiger partial charge in [-0.25, -0.2) is 9.78 Å². The molecule has 0 saturated carbocycles. The number of unbranched alkanes of at least 4 members (excludes halogenated alkanes) is 1. The maximum absolute atomic E-state index is 12.5. The molecule has 3 rings (SSSR count). The van der Waals surface area contributed by atoms with E-state index in [-0.39, 0.29) is 6.61 Å². The van der Waals surface area contributed by atoms with Crippen LogP contribution < -0.4 is 0 Å². The molecule has 0 radical (unpaired) electrons. The normalized spacial score (nSPS) is 10.7. The Kier molecular flexibility index (Phi) is 4.58. The fourth-order valence-corrected chi connectivity index (χ4v) is 3.24. The monoisotopic (exact) mass is 340 g/mol. The number of carbonyl (C=O) groups is 1. The van der Waals surface area contributed by atoms with Crippen molar-refractivity contribution in [2.45, 2.75) is 19.8 Å². The molecule has 122 valence electrons. The van der Waals surface area contributed by atoms with Crippen molar-refractivity contribution in [3.8, 4) is 16.6 Å². The second kappa shape index (κ2) is 6.81. The van der Waals surface area contributed by atoms with E-state index in [0.717, 1.165) is 16.3 Å². The van der Waals surface area contributed by atoms with E-state index in [9.17, 15) is 4.79 Å². The van der Waals surface area contributed by atoms with Gasteiger partial charge in [0, 0.05) is 13.5 Å². The molecule has 0 N–H and O–H groups in total. The van der Waals surface area contributed by atoms with Gasteiger partial charge in [-0.15, -0.1) is 11.3 Å². The van der Waals surface area contributed by atoms with Gasteiger partial charge in [0.2, 0.25) is 0 Å². The predicted molar refractivity (Wildman–Crippen MR) is 91.7 cm³/mol. The highest BCUT2D eigenvalue weighted by atomic mass is 32.1. The van der Waals surface area contributed by atoms with Crippen molar-refractivity contribution in [2.75, 3.05) is 6.61 Å². The van der Waals surface area contributed by atoms with Crippen molar-refractivity contribution in [3.63, 3.8) is 0 Å². The Morgan fingerprint density at radius 2 is 2.33 bits per heavy atom. The molecule has 3 aromatic heterocycles. The van der Waals surface area contributed by atoms with Crippen LogP contribution in [0.25, 0.3) is 21.6 Å². The minimum atomic E-state index is -0.408. The summed E-state index contributed by atoms with van der Waals surface area (Å²) in [6, 6.07) is 7.70. The maximum atomic E-state index is 12.5. The summed E-state index contributed by atoms with van der Waals surface area (Å²) in [5.41, 5.74) is 2.58. The van der Waals surface area contributed by atoms with Crippen molar-refractivity contribution in [3.05, 3.63) is 34.8 Å². The summed E-state index contributed by atoms with van der Waals surface area (Å²) >= 11 is 1.56. The van der Waals surface area contributed by atoms with Gasteiger partial charge in [0.05, 0.1) is 39.9 Å². The molecule has 0 unspecified atom stereocenters. The molecule has 6 nitrogen and oxygen atoms in total. The predicted octanol–water partition coefficient (Wildman–Crippen LogP) is 3.47.